The van der Waals surface area contributed by atoms with Crippen LogP contribution in [0.25, 0.3) is 5.70 Å². The number of amides is 2. The molecule has 1 aliphatic heterocycles. The zero-order valence-corrected chi connectivity index (χ0v) is 16.2. The summed E-state index contributed by atoms with van der Waals surface area (Å²) in [4.78, 5) is 24.8. The minimum atomic E-state index is -0.750. The standard InChI is InChI=1S/C19H17BrN2O5/c1-26-12-6-3-10(4-7-12)16-15(18(24)27-2)17(22-19(25)21-16)11-5-8-14(23)13(20)9-11/h3-9,17,23H,1-2H3,(H2,21,22,25). The highest BCUT2D eigenvalue weighted by atomic mass is 79.9. The molecule has 3 rings (SSSR count). The van der Waals surface area contributed by atoms with Gasteiger partial charge in [0.15, 0.2) is 0 Å². The van der Waals surface area contributed by atoms with E-state index in [1.54, 1.807) is 43.5 Å². The molecule has 2 aromatic rings. The lowest BCUT2D eigenvalue weighted by atomic mass is 9.92. The van der Waals surface area contributed by atoms with E-state index < -0.39 is 18.0 Å². The van der Waals surface area contributed by atoms with Crippen LogP contribution < -0.4 is 15.4 Å². The fourth-order valence-corrected chi connectivity index (χ4v) is 3.23. The number of halogens is 1. The summed E-state index contributed by atoms with van der Waals surface area (Å²) in [7, 11) is 2.83. The van der Waals surface area contributed by atoms with Crippen LogP contribution >= 0.6 is 15.9 Å². The molecule has 7 nitrogen and oxygen atoms in total. The quantitative estimate of drug-likeness (QED) is 0.644. The van der Waals surface area contributed by atoms with E-state index >= 15 is 0 Å². The summed E-state index contributed by atoms with van der Waals surface area (Å²) in [5.74, 6) is 0.124. The highest BCUT2D eigenvalue weighted by molar-refractivity contribution is 9.10. The summed E-state index contributed by atoms with van der Waals surface area (Å²) in [5, 5.41) is 15.2. The van der Waals surface area contributed by atoms with Crippen LogP contribution in [0.3, 0.4) is 0 Å². The largest absolute Gasteiger partial charge is 0.507 e. The van der Waals surface area contributed by atoms with Crippen molar-refractivity contribution >= 4 is 33.6 Å². The zero-order chi connectivity index (χ0) is 19.6. The number of methoxy groups -OCH3 is 2. The topological polar surface area (TPSA) is 96.9 Å². The Morgan fingerprint density at radius 2 is 1.85 bits per heavy atom. The van der Waals surface area contributed by atoms with Gasteiger partial charge in [-0.15, -0.1) is 0 Å². The van der Waals surface area contributed by atoms with E-state index in [0.29, 0.717) is 27.0 Å². The number of rotatable bonds is 4. The number of aromatic hydroxyl groups is 1. The van der Waals surface area contributed by atoms with E-state index in [1.807, 2.05) is 0 Å². The van der Waals surface area contributed by atoms with Crippen LogP contribution in [0.4, 0.5) is 4.79 Å². The van der Waals surface area contributed by atoms with Crippen molar-refractivity contribution in [1.29, 1.82) is 0 Å². The molecule has 0 aliphatic carbocycles. The predicted molar refractivity (Wildman–Crippen MR) is 102 cm³/mol. The maximum Gasteiger partial charge on any atom is 0.338 e. The van der Waals surface area contributed by atoms with E-state index in [0.717, 1.165) is 0 Å². The van der Waals surface area contributed by atoms with Crippen LogP contribution in [0.15, 0.2) is 52.5 Å². The van der Waals surface area contributed by atoms with Crippen molar-refractivity contribution in [2.45, 2.75) is 6.04 Å². The highest BCUT2D eigenvalue weighted by Crippen LogP contribution is 2.35. The van der Waals surface area contributed by atoms with Crippen molar-refractivity contribution in [3.8, 4) is 11.5 Å². The maximum atomic E-state index is 12.6. The Morgan fingerprint density at radius 1 is 1.15 bits per heavy atom. The summed E-state index contributed by atoms with van der Waals surface area (Å²) in [6.07, 6.45) is 0. The van der Waals surface area contributed by atoms with Gasteiger partial charge in [0.2, 0.25) is 0 Å². The number of phenols is 1. The van der Waals surface area contributed by atoms with Crippen molar-refractivity contribution in [3.63, 3.8) is 0 Å². The first-order valence-corrected chi connectivity index (χ1v) is 8.76. The average molecular weight is 433 g/mol. The molecule has 1 atom stereocenters. The van der Waals surface area contributed by atoms with Gasteiger partial charge in [0, 0.05) is 0 Å². The molecule has 2 amide bonds. The molecule has 0 fully saturated rings. The Morgan fingerprint density at radius 3 is 2.44 bits per heavy atom. The lowest BCUT2D eigenvalue weighted by Gasteiger charge is -2.29. The molecule has 140 valence electrons. The van der Waals surface area contributed by atoms with E-state index in [9.17, 15) is 14.7 Å². The molecule has 0 saturated heterocycles. The molecule has 0 aromatic heterocycles. The molecule has 0 bridgehead atoms. The molecule has 1 unspecified atom stereocenters. The fourth-order valence-electron chi connectivity index (χ4n) is 2.83. The number of esters is 1. The van der Waals surface area contributed by atoms with E-state index in [1.165, 1.54) is 13.2 Å². The number of carbonyl (C=O) groups is 2. The van der Waals surface area contributed by atoms with Crippen molar-refractivity contribution in [2.75, 3.05) is 14.2 Å². The Kier molecular flexibility index (Phi) is 5.36. The minimum Gasteiger partial charge on any atom is -0.507 e. The number of phenolic OH excluding ortho intramolecular Hbond substituents is 1. The monoisotopic (exact) mass is 432 g/mol. The van der Waals surface area contributed by atoms with Gasteiger partial charge in [-0.3, -0.25) is 0 Å². The van der Waals surface area contributed by atoms with Crippen molar-refractivity contribution in [3.05, 3.63) is 63.6 Å². The second kappa shape index (κ2) is 7.71. The van der Waals surface area contributed by atoms with Gasteiger partial charge in [0.05, 0.1) is 36.0 Å². The lowest BCUT2D eigenvalue weighted by Crippen LogP contribution is -2.45. The van der Waals surface area contributed by atoms with Gasteiger partial charge in [0.1, 0.15) is 11.5 Å². The maximum absolute atomic E-state index is 12.6. The van der Waals surface area contributed by atoms with Crippen LogP contribution in [0.5, 0.6) is 11.5 Å². The van der Waals surface area contributed by atoms with Gasteiger partial charge in [0.25, 0.3) is 0 Å². The number of ether oxygens (including phenoxy) is 2. The SMILES string of the molecule is COC(=O)C1=C(c2ccc(OC)cc2)NC(=O)NC1c1ccc(O)c(Br)c1. The Hall–Kier alpha value is -3.00. The van der Waals surface area contributed by atoms with E-state index in [-0.39, 0.29) is 11.3 Å². The van der Waals surface area contributed by atoms with Gasteiger partial charge in [-0.2, -0.15) is 0 Å². The van der Waals surface area contributed by atoms with Gasteiger partial charge in [-0.25, -0.2) is 9.59 Å². The smallest absolute Gasteiger partial charge is 0.338 e. The molecule has 0 spiro atoms. The fraction of sp³-hybridized carbons (Fsp3) is 0.158. The molecule has 0 radical (unpaired) electrons. The number of hydrogen-bond donors (Lipinski definition) is 3. The predicted octanol–water partition coefficient (Wildman–Crippen LogP) is 3.10. The third kappa shape index (κ3) is 3.75. The van der Waals surface area contributed by atoms with Crippen LogP contribution in [0, 0.1) is 0 Å². The summed E-state index contributed by atoms with van der Waals surface area (Å²) >= 11 is 3.25. The van der Waals surface area contributed by atoms with Crippen molar-refractivity contribution in [2.24, 2.45) is 0 Å². The molecule has 3 N–H and O–H groups in total. The number of nitrogens with one attached hydrogen (secondary N) is 2. The number of carbonyl (C=O) groups excluding carboxylic acids is 2. The van der Waals surface area contributed by atoms with Gasteiger partial charge in [-0.05, 0) is 63.5 Å². The molecule has 0 saturated carbocycles. The Labute approximate surface area is 164 Å². The minimum absolute atomic E-state index is 0.0537. The molecule has 8 heteroatoms. The normalized spacial score (nSPS) is 16.4. The van der Waals surface area contributed by atoms with Crippen molar-refractivity contribution < 1.29 is 24.2 Å². The summed E-state index contributed by atoms with van der Waals surface area (Å²) < 4.78 is 10.6. The molecule has 1 heterocycles. The second-order valence-corrected chi connectivity index (χ2v) is 6.61. The Balaban J connectivity index is 2.17. The van der Waals surface area contributed by atoms with Gasteiger partial charge in [-0.1, -0.05) is 6.07 Å². The summed E-state index contributed by atoms with van der Waals surface area (Å²) in [6.45, 7) is 0. The number of hydrogen-bond acceptors (Lipinski definition) is 5. The van der Waals surface area contributed by atoms with Crippen LogP contribution in [-0.2, 0) is 9.53 Å². The zero-order valence-electron chi connectivity index (χ0n) is 14.6. The lowest BCUT2D eigenvalue weighted by molar-refractivity contribution is -0.136. The van der Waals surface area contributed by atoms with Crippen LogP contribution in [0.2, 0.25) is 0 Å². The third-order valence-electron chi connectivity index (χ3n) is 4.16. The number of benzene rings is 2. The number of urea groups is 1. The second-order valence-electron chi connectivity index (χ2n) is 5.75. The van der Waals surface area contributed by atoms with E-state index in [2.05, 4.69) is 26.6 Å². The van der Waals surface area contributed by atoms with Gasteiger partial charge >= 0.3 is 12.0 Å². The Bertz CT molecular complexity index is 924. The van der Waals surface area contributed by atoms with E-state index in [4.69, 9.17) is 9.47 Å². The highest BCUT2D eigenvalue weighted by Gasteiger charge is 2.34. The molecular formula is C19H17BrN2O5. The van der Waals surface area contributed by atoms with Crippen LogP contribution in [-0.4, -0.2) is 31.3 Å². The van der Waals surface area contributed by atoms with Gasteiger partial charge < -0.3 is 25.2 Å². The summed E-state index contributed by atoms with van der Waals surface area (Å²) in [6, 6.07) is 10.5. The first-order valence-electron chi connectivity index (χ1n) is 7.97. The molecular weight excluding hydrogens is 416 g/mol. The first-order chi connectivity index (χ1) is 12.9. The summed E-state index contributed by atoms with van der Waals surface area (Å²) in [5.41, 5.74) is 1.84. The third-order valence-corrected chi connectivity index (χ3v) is 4.80. The molecule has 27 heavy (non-hydrogen) atoms. The molecule has 2 aromatic carbocycles. The van der Waals surface area contributed by atoms with Crippen LogP contribution in [0.1, 0.15) is 17.2 Å². The van der Waals surface area contributed by atoms with Crippen molar-refractivity contribution in [1.82, 2.24) is 10.6 Å². The molecule has 1 aliphatic rings. The first kappa shape index (κ1) is 18.8. The average Bonchev–Trinajstić information content (AvgIpc) is 2.69.